The van der Waals surface area contributed by atoms with Crippen LogP contribution in [0.1, 0.15) is 6.92 Å². The van der Waals surface area contributed by atoms with Gasteiger partial charge in [0.15, 0.2) is 5.69 Å². The van der Waals surface area contributed by atoms with Gasteiger partial charge in [0.05, 0.1) is 10.6 Å². The van der Waals surface area contributed by atoms with Gasteiger partial charge in [-0.3, -0.25) is 10.1 Å². The maximum atomic E-state index is 11.1. The molecule has 0 bridgehead atoms. The van der Waals surface area contributed by atoms with Crippen LogP contribution in [-0.2, 0) is 9.53 Å². The average molecular weight is 341 g/mol. The lowest BCUT2D eigenvalue weighted by molar-refractivity contribution is -0.384. The quantitative estimate of drug-likeness (QED) is 0.185. The van der Waals surface area contributed by atoms with E-state index >= 15 is 0 Å². The lowest BCUT2D eigenvalue weighted by Gasteiger charge is -2.14. The number of hydrogen-bond donors (Lipinski definition) is 0. The van der Waals surface area contributed by atoms with E-state index in [-0.39, 0.29) is 11.4 Å². The Hall–Kier alpha value is -3.55. The fraction of sp³-hybridized carbons (Fsp3) is 0.118. The van der Waals surface area contributed by atoms with Crippen molar-refractivity contribution >= 4 is 23.0 Å². The minimum Gasteiger partial charge on any atom is -0.455 e. The molecular formula is C17H15N3O5. The van der Waals surface area contributed by atoms with E-state index in [1.54, 1.807) is 43.3 Å². The van der Waals surface area contributed by atoms with Crippen molar-refractivity contribution in [3.05, 3.63) is 71.3 Å². The molecule has 25 heavy (non-hydrogen) atoms. The van der Waals surface area contributed by atoms with E-state index in [1.807, 2.05) is 0 Å². The Morgan fingerprint density at radius 3 is 2.52 bits per heavy atom. The molecule has 0 heterocycles. The predicted molar refractivity (Wildman–Crippen MR) is 90.1 cm³/mol. The first kappa shape index (κ1) is 17.8. The molecule has 0 aliphatic heterocycles. The number of nitrogens with zero attached hydrogens (tertiary/aromatic N) is 3. The van der Waals surface area contributed by atoms with Crippen LogP contribution in [0.25, 0.3) is 0 Å². The third-order valence-electron chi connectivity index (χ3n) is 2.94. The molecule has 0 saturated heterocycles. The second-order valence-corrected chi connectivity index (χ2v) is 4.77. The zero-order valence-corrected chi connectivity index (χ0v) is 13.4. The van der Waals surface area contributed by atoms with Crippen LogP contribution in [0.3, 0.4) is 0 Å². The lowest BCUT2D eigenvalue weighted by atomic mass is 10.3. The number of benzene rings is 2. The first-order valence-electron chi connectivity index (χ1n) is 7.24. The molecule has 0 saturated carbocycles. The van der Waals surface area contributed by atoms with Crippen LogP contribution >= 0.6 is 0 Å². The van der Waals surface area contributed by atoms with E-state index in [0.29, 0.717) is 11.4 Å². The second-order valence-electron chi connectivity index (χ2n) is 4.77. The van der Waals surface area contributed by atoms with E-state index in [2.05, 4.69) is 16.8 Å². The summed E-state index contributed by atoms with van der Waals surface area (Å²) in [6, 6.07) is 12.5. The van der Waals surface area contributed by atoms with E-state index in [9.17, 15) is 14.9 Å². The highest BCUT2D eigenvalue weighted by atomic mass is 16.7. The van der Waals surface area contributed by atoms with Gasteiger partial charge < -0.3 is 9.47 Å². The molecule has 0 fully saturated rings. The molecule has 0 amide bonds. The number of esters is 1. The Morgan fingerprint density at radius 2 is 1.88 bits per heavy atom. The minimum atomic E-state index is -0.773. The van der Waals surface area contributed by atoms with E-state index in [0.717, 1.165) is 6.08 Å². The standard InChI is InChI=1S/C17H15N3O5/c1-3-17(21)25-12(2)24-14-10-8-13(9-11-14)18-19-15-6-4-5-7-16(15)20(22)23/h3-12H,1H2,2H3. The molecule has 8 heteroatoms. The Bertz CT molecular complexity index is 802. The molecule has 0 aromatic heterocycles. The minimum absolute atomic E-state index is 0.121. The lowest BCUT2D eigenvalue weighted by Crippen LogP contribution is -2.19. The maximum Gasteiger partial charge on any atom is 0.333 e. The van der Waals surface area contributed by atoms with Crippen molar-refractivity contribution in [2.75, 3.05) is 0 Å². The highest BCUT2D eigenvalue weighted by molar-refractivity contribution is 5.81. The molecular weight excluding hydrogens is 326 g/mol. The Labute approximate surface area is 143 Å². The van der Waals surface area contributed by atoms with Gasteiger partial charge >= 0.3 is 5.97 Å². The molecule has 1 unspecified atom stereocenters. The maximum absolute atomic E-state index is 11.1. The zero-order chi connectivity index (χ0) is 18.2. The molecule has 2 aromatic rings. The van der Waals surface area contributed by atoms with E-state index < -0.39 is 17.2 Å². The van der Waals surface area contributed by atoms with Crippen LogP contribution in [0, 0.1) is 10.1 Å². The summed E-state index contributed by atoms with van der Waals surface area (Å²) in [4.78, 5) is 21.5. The zero-order valence-electron chi connectivity index (χ0n) is 13.4. The Balaban J connectivity index is 2.04. The Morgan fingerprint density at radius 1 is 1.20 bits per heavy atom. The second kappa shape index (κ2) is 8.34. The number of rotatable bonds is 7. The van der Waals surface area contributed by atoms with Crippen molar-refractivity contribution in [1.82, 2.24) is 0 Å². The number of hydrogen-bond acceptors (Lipinski definition) is 7. The number of ether oxygens (including phenoxy) is 2. The summed E-state index contributed by atoms with van der Waals surface area (Å²) in [7, 11) is 0. The largest absolute Gasteiger partial charge is 0.455 e. The fourth-order valence-corrected chi connectivity index (χ4v) is 1.83. The number of azo groups is 1. The molecule has 0 aliphatic carbocycles. The van der Waals surface area contributed by atoms with Gasteiger partial charge in [-0.15, -0.1) is 5.11 Å². The monoisotopic (exact) mass is 341 g/mol. The first-order chi connectivity index (χ1) is 12.0. The smallest absolute Gasteiger partial charge is 0.333 e. The summed E-state index contributed by atoms with van der Waals surface area (Å²) in [5, 5.41) is 18.8. The van der Waals surface area contributed by atoms with Gasteiger partial charge in [-0.25, -0.2) is 4.79 Å². The van der Waals surface area contributed by atoms with Gasteiger partial charge in [-0.05, 0) is 30.3 Å². The molecule has 1 atom stereocenters. The highest BCUT2D eigenvalue weighted by Crippen LogP contribution is 2.28. The summed E-state index contributed by atoms with van der Waals surface area (Å²) in [5.41, 5.74) is 0.531. The number of nitro groups is 1. The summed E-state index contributed by atoms with van der Waals surface area (Å²) >= 11 is 0. The van der Waals surface area contributed by atoms with Gasteiger partial charge in [0.1, 0.15) is 5.75 Å². The molecule has 0 N–H and O–H groups in total. The normalized spacial score (nSPS) is 11.7. The van der Waals surface area contributed by atoms with Crippen molar-refractivity contribution in [2.24, 2.45) is 10.2 Å². The van der Waals surface area contributed by atoms with Crippen molar-refractivity contribution in [3.8, 4) is 5.75 Å². The van der Waals surface area contributed by atoms with Crippen molar-refractivity contribution in [2.45, 2.75) is 13.2 Å². The number of para-hydroxylation sites is 1. The van der Waals surface area contributed by atoms with Crippen LogP contribution in [0.2, 0.25) is 0 Å². The summed E-state index contributed by atoms with van der Waals surface area (Å²) in [5.74, 6) is -0.114. The fourth-order valence-electron chi connectivity index (χ4n) is 1.83. The van der Waals surface area contributed by atoms with Crippen LogP contribution in [0.15, 0.2) is 71.4 Å². The molecule has 0 radical (unpaired) electrons. The third kappa shape index (κ3) is 5.24. The van der Waals surface area contributed by atoms with Crippen molar-refractivity contribution in [3.63, 3.8) is 0 Å². The molecule has 2 rings (SSSR count). The summed E-state index contributed by atoms with van der Waals surface area (Å²) in [6.45, 7) is 4.87. The van der Waals surface area contributed by atoms with Crippen LogP contribution in [-0.4, -0.2) is 17.2 Å². The SMILES string of the molecule is C=CC(=O)OC(C)Oc1ccc(N=Nc2ccccc2[N+](=O)[O-])cc1. The molecule has 8 nitrogen and oxygen atoms in total. The number of carbonyl (C=O) groups is 1. The molecule has 2 aromatic carbocycles. The van der Waals surface area contributed by atoms with Crippen LogP contribution in [0.5, 0.6) is 5.75 Å². The third-order valence-corrected chi connectivity index (χ3v) is 2.94. The van der Waals surface area contributed by atoms with Gasteiger partial charge in [-0.2, -0.15) is 5.11 Å². The first-order valence-corrected chi connectivity index (χ1v) is 7.24. The summed E-state index contributed by atoms with van der Waals surface area (Å²) < 4.78 is 10.3. The van der Waals surface area contributed by atoms with Crippen molar-refractivity contribution < 1.29 is 19.2 Å². The van der Waals surface area contributed by atoms with E-state index in [4.69, 9.17) is 9.47 Å². The van der Waals surface area contributed by atoms with Gasteiger partial charge in [0.2, 0.25) is 6.29 Å². The molecule has 0 aliphatic rings. The van der Waals surface area contributed by atoms with Crippen LogP contribution < -0.4 is 4.74 Å². The van der Waals surface area contributed by atoms with Gasteiger partial charge in [-0.1, -0.05) is 18.7 Å². The van der Waals surface area contributed by atoms with Gasteiger partial charge in [0, 0.05) is 19.1 Å². The average Bonchev–Trinajstić information content (AvgIpc) is 2.61. The number of nitro benzene ring substituents is 1. The molecule has 128 valence electrons. The topological polar surface area (TPSA) is 103 Å². The summed E-state index contributed by atoms with van der Waals surface area (Å²) in [6.07, 6.45) is 0.275. The molecule has 0 spiro atoms. The predicted octanol–water partition coefficient (Wildman–Crippen LogP) is 4.46. The van der Waals surface area contributed by atoms with Crippen molar-refractivity contribution in [1.29, 1.82) is 0 Å². The van der Waals surface area contributed by atoms with Crippen LogP contribution in [0.4, 0.5) is 17.1 Å². The van der Waals surface area contributed by atoms with Gasteiger partial charge in [0.25, 0.3) is 5.69 Å². The highest BCUT2D eigenvalue weighted by Gasteiger charge is 2.11. The Kier molecular flexibility index (Phi) is 5.94. The number of carbonyl (C=O) groups excluding carboxylic acids is 1. The van der Waals surface area contributed by atoms with E-state index in [1.165, 1.54) is 12.1 Å².